The lowest BCUT2D eigenvalue weighted by Gasteiger charge is -2.01. The van der Waals surface area contributed by atoms with Crippen LogP contribution in [0.25, 0.3) is 0 Å². The van der Waals surface area contributed by atoms with Crippen LogP contribution >= 0.6 is 0 Å². The highest BCUT2D eigenvalue weighted by molar-refractivity contribution is 5.99. The van der Waals surface area contributed by atoms with Gasteiger partial charge in [0, 0.05) is 12.6 Å². The van der Waals surface area contributed by atoms with Crippen molar-refractivity contribution in [3.63, 3.8) is 0 Å². The van der Waals surface area contributed by atoms with Gasteiger partial charge in [0.25, 0.3) is 5.91 Å². The van der Waals surface area contributed by atoms with E-state index in [0.29, 0.717) is 23.5 Å². The summed E-state index contributed by atoms with van der Waals surface area (Å²) in [4.78, 5) is 16.1. The van der Waals surface area contributed by atoms with E-state index < -0.39 is 5.91 Å². The Bertz CT molecular complexity index is 823. The summed E-state index contributed by atoms with van der Waals surface area (Å²) in [6.07, 6.45) is 2.21. The lowest BCUT2D eigenvalue weighted by Crippen LogP contribution is -2.13. The second-order valence-corrected chi connectivity index (χ2v) is 5.10. The molecule has 5 heteroatoms. The standard InChI is InChI=1S/C18H16N4O/c19-17(23)16-15(11-13-7-3-1-4-8-13)21-22-18(16)20-12-14-9-5-2-6-10-14/h1-10,12H,11H2,(H2,19,23)(H,21,22). The molecule has 0 fully saturated rings. The normalized spacial score (nSPS) is 11.0. The maximum Gasteiger partial charge on any atom is 0.254 e. The van der Waals surface area contributed by atoms with Crippen LogP contribution in [0.1, 0.15) is 27.2 Å². The smallest absolute Gasteiger partial charge is 0.254 e. The number of hydrogen-bond donors (Lipinski definition) is 2. The Morgan fingerprint density at radius 1 is 1.09 bits per heavy atom. The van der Waals surface area contributed by atoms with Crippen molar-refractivity contribution in [3.05, 3.63) is 83.0 Å². The molecule has 3 rings (SSSR count). The van der Waals surface area contributed by atoms with E-state index in [0.717, 1.165) is 11.1 Å². The molecule has 5 nitrogen and oxygen atoms in total. The zero-order chi connectivity index (χ0) is 16.1. The number of nitrogens with one attached hydrogen (secondary N) is 1. The van der Waals surface area contributed by atoms with Crippen LogP contribution in [-0.4, -0.2) is 22.3 Å². The average Bonchev–Trinajstić information content (AvgIpc) is 2.98. The number of nitrogens with zero attached hydrogens (tertiary/aromatic N) is 2. The highest BCUT2D eigenvalue weighted by Crippen LogP contribution is 2.21. The van der Waals surface area contributed by atoms with Crippen LogP contribution in [0.2, 0.25) is 0 Å². The minimum Gasteiger partial charge on any atom is -0.365 e. The first-order valence-electron chi connectivity index (χ1n) is 7.24. The monoisotopic (exact) mass is 304 g/mol. The van der Waals surface area contributed by atoms with E-state index in [4.69, 9.17) is 5.73 Å². The molecule has 0 aliphatic rings. The molecule has 23 heavy (non-hydrogen) atoms. The lowest BCUT2D eigenvalue weighted by molar-refractivity contribution is 0.100. The van der Waals surface area contributed by atoms with Crippen LogP contribution in [0.4, 0.5) is 5.82 Å². The van der Waals surface area contributed by atoms with E-state index >= 15 is 0 Å². The summed E-state index contributed by atoms with van der Waals surface area (Å²) in [5.74, 6) is -0.225. The lowest BCUT2D eigenvalue weighted by atomic mass is 10.1. The number of amides is 1. The molecule has 1 heterocycles. The summed E-state index contributed by atoms with van der Waals surface area (Å²) in [6.45, 7) is 0. The molecule has 0 saturated heterocycles. The predicted octanol–water partition coefficient (Wildman–Crippen LogP) is 2.85. The summed E-state index contributed by atoms with van der Waals surface area (Å²) in [5, 5.41) is 7.00. The van der Waals surface area contributed by atoms with Gasteiger partial charge in [0.05, 0.1) is 5.69 Å². The molecule has 1 amide bonds. The molecule has 2 aromatic carbocycles. The number of H-pyrrole nitrogens is 1. The Morgan fingerprint density at radius 3 is 2.39 bits per heavy atom. The molecule has 1 aromatic heterocycles. The van der Waals surface area contributed by atoms with Gasteiger partial charge >= 0.3 is 0 Å². The third kappa shape index (κ3) is 3.52. The van der Waals surface area contributed by atoms with Crippen molar-refractivity contribution < 1.29 is 4.79 Å². The molecule has 0 saturated carbocycles. The van der Waals surface area contributed by atoms with Crippen molar-refractivity contribution in [2.75, 3.05) is 0 Å². The second-order valence-electron chi connectivity index (χ2n) is 5.10. The fourth-order valence-electron chi connectivity index (χ4n) is 2.32. The summed E-state index contributed by atoms with van der Waals surface area (Å²) < 4.78 is 0. The van der Waals surface area contributed by atoms with E-state index in [2.05, 4.69) is 15.2 Å². The van der Waals surface area contributed by atoms with Gasteiger partial charge in [0.2, 0.25) is 0 Å². The molecule has 0 aliphatic carbocycles. The Kier molecular flexibility index (Phi) is 4.29. The van der Waals surface area contributed by atoms with Gasteiger partial charge in [0.15, 0.2) is 5.82 Å². The van der Waals surface area contributed by atoms with Crippen molar-refractivity contribution in [1.82, 2.24) is 10.2 Å². The summed E-state index contributed by atoms with van der Waals surface area (Å²) >= 11 is 0. The molecular weight excluding hydrogens is 288 g/mol. The molecule has 0 unspecified atom stereocenters. The number of aromatic amines is 1. The van der Waals surface area contributed by atoms with Crippen molar-refractivity contribution >= 4 is 17.9 Å². The van der Waals surface area contributed by atoms with Gasteiger partial charge in [-0.15, -0.1) is 0 Å². The van der Waals surface area contributed by atoms with E-state index in [1.54, 1.807) is 6.21 Å². The number of benzene rings is 2. The Balaban J connectivity index is 1.90. The number of rotatable bonds is 5. The first-order valence-corrected chi connectivity index (χ1v) is 7.24. The van der Waals surface area contributed by atoms with E-state index in [-0.39, 0.29) is 0 Å². The maximum atomic E-state index is 11.8. The molecule has 0 radical (unpaired) electrons. The number of aliphatic imine (C=N–C) groups is 1. The number of hydrogen-bond acceptors (Lipinski definition) is 3. The van der Waals surface area contributed by atoms with Gasteiger partial charge in [-0.2, -0.15) is 5.10 Å². The van der Waals surface area contributed by atoms with E-state index in [1.807, 2.05) is 60.7 Å². The van der Waals surface area contributed by atoms with E-state index in [9.17, 15) is 4.79 Å². The fraction of sp³-hybridized carbons (Fsp3) is 0.0556. The van der Waals surface area contributed by atoms with Crippen LogP contribution < -0.4 is 5.73 Å². The van der Waals surface area contributed by atoms with Crippen molar-refractivity contribution in [1.29, 1.82) is 0 Å². The molecule has 3 aromatic rings. The van der Waals surface area contributed by atoms with Gasteiger partial charge in [-0.05, 0) is 11.1 Å². The van der Waals surface area contributed by atoms with Gasteiger partial charge in [-0.25, -0.2) is 4.99 Å². The zero-order valence-electron chi connectivity index (χ0n) is 12.4. The minimum atomic E-state index is -0.537. The van der Waals surface area contributed by atoms with Crippen molar-refractivity contribution in [3.8, 4) is 0 Å². The third-order valence-electron chi connectivity index (χ3n) is 3.43. The largest absolute Gasteiger partial charge is 0.365 e. The highest BCUT2D eigenvalue weighted by atomic mass is 16.1. The molecule has 114 valence electrons. The van der Waals surface area contributed by atoms with Crippen LogP contribution in [0.15, 0.2) is 65.7 Å². The topological polar surface area (TPSA) is 84.1 Å². The molecule has 0 atom stereocenters. The van der Waals surface area contributed by atoms with Gasteiger partial charge in [-0.3, -0.25) is 9.89 Å². The molecule has 0 aliphatic heterocycles. The van der Waals surface area contributed by atoms with Crippen LogP contribution in [0, 0.1) is 0 Å². The number of carbonyl (C=O) groups is 1. The molecule has 0 bridgehead atoms. The van der Waals surface area contributed by atoms with Crippen molar-refractivity contribution in [2.24, 2.45) is 10.7 Å². The first-order chi connectivity index (χ1) is 11.2. The Hall–Kier alpha value is -3.21. The van der Waals surface area contributed by atoms with Gasteiger partial charge in [0.1, 0.15) is 5.56 Å². The summed E-state index contributed by atoms with van der Waals surface area (Å²) in [5.41, 5.74) is 8.51. The SMILES string of the molecule is NC(=O)c1c(N=Cc2ccccc2)n[nH]c1Cc1ccccc1. The van der Waals surface area contributed by atoms with E-state index in [1.165, 1.54) is 0 Å². The highest BCUT2D eigenvalue weighted by Gasteiger charge is 2.17. The third-order valence-corrected chi connectivity index (χ3v) is 3.43. The quantitative estimate of drug-likeness (QED) is 0.710. The molecule has 3 N–H and O–H groups in total. The van der Waals surface area contributed by atoms with Crippen LogP contribution in [0.5, 0.6) is 0 Å². The number of primary amides is 1. The Morgan fingerprint density at radius 2 is 1.74 bits per heavy atom. The minimum absolute atomic E-state index is 0.312. The number of nitrogens with two attached hydrogens (primary N) is 1. The number of carbonyl (C=O) groups excluding carboxylic acids is 1. The second kappa shape index (κ2) is 6.70. The number of aromatic nitrogens is 2. The zero-order valence-corrected chi connectivity index (χ0v) is 12.4. The van der Waals surface area contributed by atoms with Crippen molar-refractivity contribution in [2.45, 2.75) is 6.42 Å². The molecule has 0 spiro atoms. The summed E-state index contributed by atoms with van der Waals surface area (Å²) in [7, 11) is 0. The predicted molar refractivity (Wildman–Crippen MR) is 90.0 cm³/mol. The van der Waals surface area contributed by atoms with Gasteiger partial charge in [-0.1, -0.05) is 60.7 Å². The maximum absolute atomic E-state index is 11.8. The average molecular weight is 304 g/mol. The summed E-state index contributed by atoms with van der Waals surface area (Å²) in [6, 6.07) is 19.4. The Labute approximate surface area is 133 Å². The first kappa shape index (κ1) is 14.7. The van der Waals surface area contributed by atoms with Crippen LogP contribution in [0.3, 0.4) is 0 Å². The van der Waals surface area contributed by atoms with Gasteiger partial charge < -0.3 is 5.73 Å². The van der Waals surface area contributed by atoms with Crippen LogP contribution in [-0.2, 0) is 6.42 Å². The fourth-order valence-corrected chi connectivity index (χ4v) is 2.32. The molecular formula is C18H16N4O.